The lowest BCUT2D eigenvalue weighted by Crippen LogP contribution is -2.52. The van der Waals surface area contributed by atoms with E-state index in [9.17, 15) is 0 Å². The van der Waals surface area contributed by atoms with Gasteiger partial charge in [0.2, 0.25) is 0 Å². The molecule has 0 amide bonds. The number of nitrogens with one attached hydrogen (secondary N) is 1. The molecule has 1 N–H and O–H groups in total. The molecule has 86 valence electrons. The predicted molar refractivity (Wildman–Crippen MR) is 65.8 cm³/mol. The molecule has 0 heterocycles. The first kappa shape index (κ1) is 11.2. The molecule has 2 aliphatic rings. The monoisotopic (exact) mass is 207 g/mol. The summed E-state index contributed by atoms with van der Waals surface area (Å²) >= 11 is 0. The molecule has 1 nitrogen and oxygen atoms in total. The summed E-state index contributed by atoms with van der Waals surface area (Å²) in [4.78, 5) is 0. The van der Waals surface area contributed by atoms with Crippen LogP contribution in [0, 0.1) is 17.8 Å². The Balaban J connectivity index is 1.79. The molecule has 0 bridgehead atoms. The lowest BCUT2D eigenvalue weighted by molar-refractivity contribution is 0.138. The van der Waals surface area contributed by atoms with Gasteiger partial charge < -0.3 is 5.32 Å². The van der Waals surface area contributed by atoms with E-state index in [4.69, 9.17) is 0 Å². The summed E-state index contributed by atoms with van der Waals surface area (Å²) in [6.45, 7) is 6.99. The summed E-state index contributed by atoms with van der Waals surface area (Å²) in [5.41, 5.74) is 0. The number of hydrogen-bond acceptors (Lipinski definition) is 1. The summed E-state index contributed by atoms with van der Waals surface area (Å²) in [6.07, 6.45) is 10.2. The van der Waals surface area contributed by atoms with Crippen molar-refractivity contribution in [3.8, 4) is 0 Å². The lowest BCUT2D eigenvalue weighted by atomic mass is 9.71. The van der Waals surface area contributed by atoms with Crippen molar-refractivity contribution in [2.75, 3.05) is 0 Å². The molecule has 2 rings (SSSR count). The van der Waals surface area contributed by atoms with Gasteiger partial charge in [-0.3, -0.25) is 0 Å². The third-order valence-corrected chi connectivity index (χ3v) is 4.60. The van der Waals surface area contributed by atoms with Crippen LogP contribution in [0.15, 0.2) is 12.2 Å². The summed E-state index contributed by atoms with van der Waals surface area (Å²) in [5, 5.41) is 3.84. The van der Waals surface area contributed by atoms with Crippen molar-refractivity contribution in [2.24, 2.45) is 17.8 Å². The van der Waals surface area contributed by atoms with Crippen LogP contribution in [0.3, 0.4) is 0 Å². The van der Waals surface area contributed by atoms with Gasteiger partial charge >= 0.3 is 0 Å². The Morgan fingerprint density at radius 2 is 2.07 bits per heavy atom. The first-order valence-corrected chi connectivity index (χ1v) is 6.69. The molecule has 0 radical (unpaired) electrons. The first-order valence-electron chi connectivity index (χ1n) is 6.69. The molecule has 0 aromatic heterocycles. The third kappa shape index (κ3) is 2.13. The maximum Gasteiger partial charge on any atom is 0.0138 e. The third-order valence-electron chi connectivity index (χ3n) is 4.60. The zero-order chi connectivity index (χ0) is 10.8. The Hall–Kier alpha value is -0.300. The summed E-state index contributed by atoms with van der Waals surface area (Å²) in [5.74, 6) is 2.70. The van der Waals surface area contributed by atoms with Crippen LogP contribution in [0.25, 0.3) is 0 Å². The van der Waals surface area contributed by atoms with Gasteiger partial charge in [0.25, 0.3) is 0 Å². The van der Waals surface area contributed by atoms with E-state index >= 15 is 0 Å². The molecule has 1 saturated carbocycles. The van der Waals surface area contributed by atoms with Crippen molar-refractivity contribution < 1.29 is 0 Å². The predicted octanol–water partition coefficient (Wildman–Crippen LogP) is 3.37. The Kier molecular flexibility index (Phi) is 3.50. The van der Waals surface area contributed by atoms with E-state index in [1.54, 1.807) is 0 Å². The van der Waals surface area contributed by atoms with Crippen LogP contribution in [0.2, 0.25) is 0 Å². The zero-order valence-corrected chi connectivity index (χ0v) is 10.4. The van der Waals surface area contributed by atoms with Crippen molar-refractivity contribution >= 4 is 0 Å². The van der Waals surface area contributed by atoms with Gasteiger partial charge in [0.1, 0.15) is 0 Å². The maximum absolute atomic E-state index is 3.84. The molecule has 4 atom stereocenters. The molecule has 2 aliphatic carbocycles. The van der Waals surface area contributed by atoms with Crippen LogP contribution >= 0.6 is 0 Å². The van der Waals surface area contributed by atoms with Gasteiger partial charge in [-0.1, -0.05) is 38.8 Å². The van der Waals surface area contributed by atoms with E-state index in [1.807, 2.05) is 0 Å². The fraction of sp³-hybridized carbons (Fsp3) is 0.857. The van der Waals surface area contributed by atoms with Crippen molar-refractivity contribution in [3.05, 3.63) is 12.2 Å². The second kappa shape index (κ2) is 4.69. The van der Waals surface area contributed by atoms with Crippen LogP contribution in [-0.2, 0) is 0 Å². The van der Waals surface area contributed by atoms with Crippen molar-refractivity contribution in [3.63, 3.8) is 0 Å². The molecule has 4 unspecified atom stereocenters. The molecule has 0 saturated heterocycles. The van der Waals surface area contributed by atoms with Crippen molar-refractivity contribution in [2.45, 2.75) is 58.5 Å². The number of allylic oxidation sites excluding steroid dienone is 1. The lowest BCUT2D eigenvalue weighted by Gasteiger charge is -2.43. The Morgan fingerprint density at radius 3 is 2.67 bits per heavy atom. The highest BCUT2D eigenvalue weighted by Gasteiger charge is 2.41. The minimum atomic E-state index is 0.694. The molecule has 0 spiro atoms. The zero-order valence-electron chi connectivity index (χ0n) is 10.4. The summed E-state index contributed by atoms with van der Waals surface area (Å²) in [7, 11) is 0. The van der Waals surface area contributed by atoms with Crippen molar-refractivity contribution in [1.29, 1.82) is 0 Å². The molecule has 0 aromatic carbocycles. The fourth-order valence-corrected chi connectivity index (χ4v) is 3.38. The highest BCUT2D eigenvalue weighted by atomic mass is 15.0. The van der Waals surface area contributed by atoms with Gasteiger partial charge in [0.05, 0.1) is 0 Å². The van der Waals surface area contributed by atoms with Gasteiger partial charge in [-0.15, -0.1) is 0 Å². The first-order chi connectivity index (χ1) is 7.26. The smallest absolute Gasteiger partial charge is 0.0138 e. The molecule has 0 aliphatic heterocycles. The number of hydrogen-bond donors (Lipinski definition) is 1. The number of rotatable bonds is 5. The van der Waals surface area contributed by atoms with Crippen LogP contribution in [0.1, 0.15) is 46.5 Å². The molecule has 1 heteroatoms. The van der Waals surface area contributed by atoms with Crippen LogP contribution in [-0.4, -0.2) is 12.1 Å². The SMILES string of the molecule is CCC(CC)C(C)NC1CC2CC=CC21. The van der Waals surface area contributed by atoms with Crippen LogP contribution in [0.5, 0.6) is 0 Å². The average Bonchev–Trinajstić information content (AvgIpc) is 2.58. The topological polar surface area (TPSA) is 12.0 Å². The second-order valence-corrected chi connectivity index (χ2v) is 5.38. The van der Waals surface area contributed by atoms with Crippen LogP contribution < -0.4 is 5.32 Å². The highest BCUT2D eigenvalue weighted by Crippen LogP contribution is 2.43. The van der Waals surface area contributed by atoms with Crippen molar-refractivity contribution in [1.82, 2.24) is 5.32 Å². The molecule has 15 heavy (non-hydrogen) atoms. The highest BCUT2D eigenvalue weighted by molar-refractivity contribution is 5.13. The normalized spacial score (nSPS) is 35.3. The largest absolute Gasteiger partial charge is 0.311 e. The van der Waals surface area contributed by atoms with Gasteiger partial charge in [-0.25, -0.2) is 0 Å². The van der Waals surface area contributed by atoms with Gasteiger partial charge in [0, 0.05) is 12.1 Å². The van der Waals surface area contributed by atoms with E-state index in [0.29, 0.717) is 6.04 Å². The average molecular weight is 207 g/mol. The van der Waals surface area contributed by atoms with E-state index < -0.39 is 0 Å². The van der Waals surface area contributed by atoms with Gasteiger partial charge in [-0.2, -0.15) is 0 Å². The molecular weight excluding hydrogens is 182 g/mol. The molecule has 1 fully saturated rings. The van der Waals surface area contributed by atoms with Gasteiger partial charge in [0.15, 0.2) is 0 Å². The standard InChI is InChI=1S/C14H25N/c1-4-11(5-2)10(3)15-14-9-12-7-6-8-13(12)14/h6,8,10-15H,4-5,7,9H2,1-3H3. The second-order valence-electron chi connectivity index (χ2n) is 5.38. The Bertz CT molecular complexity index is 229. The quantitative estimate of drug-likeness (QED) is 0.682. The van der Waals surface area contributed by atoms with Crippen LogP contribution in [0.4, 0.5) is 0 Å². The Labute approximate surface area is 94.3 Å². The fourth-order valence-electron chi connectivity index (χ4n) is 3.38. The number of fused-ring (bicyclic) bond motifs is 1. The minimum Gasteiger partial charge on any atom is -0.311 e. The Morgan fingerprint density at radius 1 is 1.33 bits per heavy atom. The summed E-state index contributed by atoms with van der Waals surface area (Å²) < 4.78 is 0. The van der Waals surface area contributed by atoms with Gasteiger partial charge in [-0.05, 0) is 37.5 Å². The van der Waals surface area contributed by atoms with E-state index in [0.717, 1.165) is 23.8 Å². The molecule has 0 aromatic rings. The van der Waals surface area contributed by atoms with E-state index in [2.05, 4.69) is 38.2 Å². The van der Waals surface area contributed by atoms with E-state index in [1.165, 1.54) is 25.7 Å². The van der Waals surface area contributed by atoms with E-state index in [-0.39, 0.29) is 0 Å². The maximum atomic E-state index is 3.84. The molecular formula is C14H25N. The minimum absolute atomic E-state index is 0.694. The summed E-state index contributed by atoms with van der Waals surface area (Å²) in [6, 6.07) is 1.48.